The van der Waals surface area contributed by atoms with Crippen molar-refractivity contribution in [3.8, 4) is 17.1 Å². The highest BCUT2D eigenvalue weighted by molar-refractivity contribution is 6.48. The monoisotopic (exact) mass is 509 g/mol. The number of carbonyl (C=O) groups excluding carboxylic acids is 3. The van der Waals surface area contributed by atoms with Crippen molar-refractivity contribution in [3.63, 3.8) is 0 Å². The minimum absolute atomic E-state index is 0.0200. The van der Waals surface area contributed by atoms with Crippen LogP contribution in [-0.4, -0.2) is 47.9 Å². The lowest BCUT2D eigenvalue weighted by atomic mass is 9.85. The topological polar surface area (TPSA) is 112 Å². The second-order valence-corrected chi connectivity index (χ2v) is 9.23. The predicted molar refractivity (Wildman–Crippen MR) is 131 cm³/mol. The molecule has 0 saturated carbocycles. The molecule has 10 heteroatoms. The van der Waals surface area contributed by atoms with E-state index in [0.29, 0.717) is 28.5 Å². The third-order valence-corrected chi connectivity index (χ3v) is 6.03. The first-order valence-corrected chi connectivity index (χ1v) is 11.9. The van der Waals surface area contributed by atoms with E-state index in [1.165, 1.54) is 30.2 Å². The molecule has 194 valence electrons. The Bertz CT molecular complexity index is 1300. The van der Waals surface area contributed by atoms with E-state index >= 15 is 0 Å². The lowest BCUT2D eigenvalue weighted by molar-refractivity contribution is -0.139. The van der Waals surface area contributed by atoms with E-state index in [9.17, 15) is 18.8 Å². The molecule has 1 aliphatic heterocycles. The van der Waals surface area contributed by atoms with Gasteiger partial charge < -0.3 is 14.0 Å². The highest BCUT2D eigenvalue weighted by Gasteiger charge is 2.52. The maximum Gasteiger partial charge on any atom is 0.295 e. The number of ketones is 2. The molecule has 1 amide bonds. The number of ether oxygens (including phenoxy) is 2. The summed E-state index contributed by atoms with van der Waals surface area (Å²) in [6.07, 6.45) is 0.116. The lowest BCUT2D eigenvalue weighted by Gasteiger charge is -2.29. The summed E-state index contributed by atoms with van der Waals surface area (Å²) in [5.41, 5.74) is 1.39. The number of aromatic nitrogens is 2. The molecule has 1 fully saturated rings. The first-order chi connectivity index (χ1) is 17.7. The van der Waals surface area contributed by atoms with Crippen molar-refractivity contribution >= 4 is 23.2 Å². The molecule has 0 radical (unpaired) electrons. The molecular formula is C27H28FN3O6. The molecule has 9 nitrogen and oxygen atoms in total. The maximum atomic E-state index is 14.2. The van der Waals surface area contributed by atoms with Crippen LogP contribution in [0.25, 0.3) is 11.4 Å². The van der Waals surface area contributed by atoms with E-state index in [0.717, 1.165) is 0 Å². The minimum Gasteiger partial charge on any atom is -0.491 e. The van der Waals surface area contributed by atoms with Crippen LogP contribution in [0.5, 0.6) is 5.75 Å². The van der Waals surface area contributed by atoms with Gasteiger partial charge in [-0.05, 0) is 36.2 Å². The number of hydrogen-bond donors (Lipinski definition) is 0. The Morgan fingerprint density at radius 1 is 1.14 bits per heavy atom. The van der Waals surface area contributed by atoms with E-state index < -0.39 is 29.5 Å². The van der Waals surface area contributed by atoms with Gasteiger partial charge in [-0.2, -0.15) is 4.98 Å². The minimum atomic E-state index is -1.26. The van der Waals surface area contributed by atoms with Gasteiger partial charge in [0.05, 0.1) is 12.6 Å². The number of anilines is 1. The molecule has 2 heterocycles. The fourth-order valence-corrected chi connectivity index (χ4v) is 4.42. The summed E-state index contributed by atoms with van der Waals surface area (Å²) in [5, 5.41) is 3.89. The van der Waals surface area contributed by atoms with Gasteiger partial charge >= 0.3 is 0 Å². The van der Waals surface area contributed by atoms with Crippen LogP contribution in [0.1, 0.15) is 37.8 Å². The van der Waals surface area contributed by atoms with Crippen LogP contribution < -0.4 is 9.64 Å². The highest BCUT2D eigenvalue weighted by Crippen LogP contribution is 2.44. The number of aryl methyl sites for hydroxylation is 1. The summed E-state index contributed by atoms with van der Waals surface area (Å²) in [6, 6.07) is 9.51. The summed E-state index contributed by atoms with van der Waals surface area (Å²) >= 11 is 0. The molecule has 0 N–H and O–H groups in total. The van der Waals surface area contributed by atoms with Crippen molar-refractivity contribution in [2.24, 2.45) is 11.8 Å². The van der Waals surface area contributed by atoms with E-state index in [1.807, 2.05) is 13.8 Å². The maximum absolute atomic E-state index is 14.2. The number of amides is 1. The van der Waals surface area contributed by atoms with Crippen molar-refractivity contribution in [2.75, 3.05) is 25.2 Å². The smallest absolute Gasteiger partial charge is 0.295 e. The number of carbonyl (C=O) groups is 3. The third-order valence-electron chi connectivity index (χ3n) is 6.03. The van der Waals surface area contributed by atoms with Crippen LogP contribution in [0, 0.1) is 24.6 Å². The number of hydrogen-bond acceptors (Lipinski definition) is 8. The molecule has 2 unspecified atom stereocenters. The molecule has 0 aliphatic carbocycles. The van der Waals surface area contributed by atoms with Gasteiger partial charge in [0.2, 0.25) is 17.5 Å². The Balaban J connectivity index is 1.80. The Morgan fingerprint density at radius 3 is 2.49 bits per heavy atom. The standard InChI is InChI=1S/C27H28FN3O6/c1-15(2)13-21(32)23-24(20-10-7-18(28)14-22(20)36-12-11-35-4)31(27(34)25(23)33)19-8-5-17(6-9-19)26-29-16(3)37-30-26/h5-10,14-15,23-24H,11-13H2,1-4H3. The normalized spacial score (nSPS) is 17.6. The van der Waals surface area contributed by atoms with Crippen molar-refractivity contribution in [3.05, 3.63) is 59.7 Å². The second-order valence-electron chi connectivity index (χ2n) is 9.23. The summed E-state index contributed by atoms with van der Waals surface area (Å²) in [6.45, 7) is 5.76. The first kappa shape index (κ1) is 26.2. The van der Waals surface area contributed by atoms with E-state index in [1.54, 1.807) is 31.2 Å². The molecular weight excluding hydrogens is 481 g/mol. The molecule has 0 bridgehead atoms. The number of methoxy groups -OCH3 is 1. The van der Waals surface area contributed by atoms with Gasteiger partial charge in [-0.15, -0.1) is 0 Å². The Kier molecular flexibility index (Phi) is 7.77. The summed E-state index contributed by atoms with van der Waals surface area (Å²) in [7, 11) is 1.51. The molecule has 1 aromatic heterocycles. The number of rotatable bonds is 10. The number of nitrogens with zero attached hydrogens (tertiary/aromatic N) is 3. The quantitative estimate of drug-likeness (QED) is 0.228. The van der Waals surface area contributed by atoms with Crippen molar-refractivity contribution < 1.29 is 32.8 Å². The van der Waals surface area contributed by atoms with Crippen LogP contribution in [-0.2, 0) is 19.1 Å². The van der Waals surface area contributed by atoms with E-state index in [-0.39, 0.29) is 37.1 Å². The third kappa shape index (κ3) is 5.43. The Labute approximate surface area is 213 Å². The summed E-state index contributed by atoms with van der Waals surface area (Å²) in [4.78, 5) is 45.4. The molecule has 1 saturated heterocycles. The van der Waals surface area contributed by atoms with Gasteiger partial charge in [0.25, 0.3) is 5.91 Å². The van der Waals surface area contributed by atoms with Gasteiger partial charge in [0, 0.05) is 43.3 Å². The lowest BCUT2D eigenvalue weighted by Crippen LogP contribution is -2.31. The zero-order valence-corrected chi connectivity index (χ0v) is 21.1. The van der Waals surface area contributed by atoms with Crippen molar-refractivity contribution in [2.45, 2.75) is 33.2 Å². The van der Waals surface area contributed by atoms with Crippen LogP contribution in [0.15, 0.2) is 47.0 Å². The first-order valence-electron chi connectivity index (χ1n) is 11.9. The van der Waals surface area contributed by atoms with E-state index in [2.05, 4.69) is 10.1 Å². The fraction of sp³-hybridized carbons (Fsp3) is 0.370. The van der Waals surface area contributed by atoms with Crippen molar-refractivity contribution in [1.82, 2.24) is 10.1 Å². The molecule has 4 rings (SSSR count). The molecule has 2 aromatic carbocycles. The average Bonchev–Trinajstić information content (AvgIpc) is 3.40. The Morgan fingerprint density at radius 2 is 1.86 bits per heavy atom. The van der Waals surface area contributed by atoms with Crippen LogP contribution >= 0.6 is 0 Å². The second kappa shape index (κ2) is 11.0. The van der Waals surface area contributed by atoms with Crippen LogP contribution in [0.4, 0.5) is 10.1 Å². The largest absolute Gasteiger partial charge is 0.491 e. The van der Waals surface area contributed by atoms with Gasteiger partial charge in [-0.25, -0.2) is 4.39 Å². The van der Waals surface area contributed by atoms with E-state index in [4.69, 9.17) is 14.0 Å². The zero-order chi connectivity index (χ0) is 26.7. The van der Waals surface area contributed by atoms with Gasteiger partial charge in [0.15, 0.2) is 0 Å². The summed E-state index contributed by atoms with van der Waals surface area (Å²) < 4.78 is 30.0. The van der Waals surface area contributed by atoms with Crippen LogP contribution in [0.2, 0.25) is 0 Å². The molecule has 1 aliphatic rings. The number of halogens is 1. The van der Waals surface area contributed by atoms with Crippen molar-refractivity contribution in [1.29, 1.82) is 0 Å². The Hall–Kier alpha value is -3.92. The molecule has 37 heavy (non-hydrogen) atoms. The zero-order valence-electron chi connectivity index (χ0n) is 21.1. The number of benzene rings is 2. The van der Waals surface area contributed by atoms with Gasteiger partial charge in [0.1, 0.15) is 29.9 Å². The molecule has 3 aromatic rings. The summed E-state index contributed by atoms with van der Waals surface area (Å²) in [5.74, 6) is -2.89. The molecule has 0 spiro atoms. The average molecular weight is 510 g/mol. The predicted octanol–water partition coefficient (Wildman–Crippen LogP) is 4.10. The highest BCUT2D eigenvalue weighted by atomic mass is 19.1. The SMILES string of the molecule is COCCOc1cc(F)ccc1C1C(C(=O)CC(C)C)C(=O)C(=O)N1c1ccc(-c2noc(C)n2)cc1. The van der Waals surface area contributed by atoms with Gasteiger partial charge in [-0.3, -0.25) is 19.3 Å². The fourth-order valence-electron chi connectivity index (χ4n) is 4.42. The van der Waals surface area contributed by atoms with Gasteiger partial charge in [-0.1, -0.05) is 25.1 Å². The molecule has 2 atom stereocenters. The number of Topliss-reactive ketones (excluding diaryl/α,β-unsaturated/α-hetero) is 2. The van der Waals surface area contributed by atoms with Crippen LogP contribution in [0.3, 0.4) is 0 Å².